The Morgan fingerprint density at radius 1 is 0.464 bits per heavy atom. The van der Waals surface area contributed by atoms with Crippen LogP contribution in [0.5, 0.6) is 0 Å². The smallest absolute Gasteiger partial charge is 0.267 e. The van der Waals surface area contributed by atoms with E-state index in [0.29, 0.717) is 0 Å². The van der Waals surface area contributed by atoms with Gasteiger partial charge in [-0.25, -0.2) is 0 Å². The molecule has 28 heavy (non-hydrogen) atoms. The van der Waals surface area contributed by atoms with Gasteiger partial charge >= 0.3 is 53.7 Å². The fraction of sp³-hybridized carbons (Fsp3) is 1.00. The second kappa shape index (κ2) is 5.44. The van der Waals surface area contributed by atoms with Gasteiger partial charge in [0.25, 0.3) is 0 Å². The molecule has 0 aromatic heterocycles. The van der Waals surface area contributed by atoms with Crippen molar-refractivity contribution in [2.24, 2.45) is 0 Å². The number of rotatable bonds is 3. The first-order valence-corrected chi connectivity index (χ1v) is 5.81. The van der Waals surface area contributed by atoms with Crippen LogP contribution in [0.25, 0.3) is 0 Å². The molecule has 1 rings (SSSR count). The van der Waals surface area contributed by atoms with Gasteiger partial charge in [-0.2, -0.15) is 79.0 Å². The molecule has 0 saturated carbocycles. The molecule has 0 amide bonds. The molecular formula is C9F18O. The number of hydrogen-bond donors (Lipinski definition) is 0. The first-order valence-electron chi connectivity index (χ1n) is 5.81. The summed E-state index contributed by atoms with van der Waals surface area (Å²) in [4.78, 5) is 0. The van der Waals surface area contributed by atoms with E-state index in [4.69, 9.17) is 0 Å². The summed E-state index contributed by atoms with van der Waals surface area (Å²) >= 11 is 0. The van der Waals surface area contributed by atoms with Crippen molar-refractivity contribution in [3.05, 3.63) is 0 Å². The Kier molecular flexibility index (Phi) is 4.80. The Morgan fingerprint density at radius 3 is 1.14 bits per heavy atom. The molecular weight excluding hydrogens is 466 g/mol. The fourth-order valence-electron chi connectivity index (χ4n) is 1.73. The fourth-order valence-corrected chi connectivity index (χ4v) is 1.73. The van der Waals surface area contributed by atoms with E-state index >= 15 is 0 Å². The monoisotopic (exact) mass is 466 g/mol. The molecule has 0 radical (unpaired) electrons. The van der Waals surface area contributed by atoms with Gasteiger partial charge in [0.15, 0.2) is 0 Å². The van der Waals surface area contributed by atoms with Crippen molar-refractivity contribution in [3.63, 3.8) is 0 Å². The van der Waals surface area contributed by atoms with E-state index in [1.165, 1.54) is 4.74 Å². The van der Waals surface area contributed by atoms with Gasteiger partial charge in [0.05, 0.1) is 0 Å². The van der Waals surface area contributed by atoms with Gasteiger partial charge in [-0.1, -0.05) is 0 Å². The van der Waals surface area contributed by atoms with Crippen molar-refractivity contribution in [1.82, 2.24) is 0 Å². The van der Waals surface area contributed by atoms with Crippen molar-refractivity contribution < 1.29 is 83.8 Å². The summed E-state index contributed by atoms with van der Waals surface area (Å²) in [6.45, 7) is 0. The molecule has 0 bridgehead atoms. The van der Waals surface area contributed by atoms with E-state index in [9.17, 15) is 79.0 Å². The molecule has 1 atom stereocenters. The van der Waals surface area contributed by atoms with E-state index in [-0.39, 0.29) is 0 Å². The SMILES string of the molecule is FC(F)(F)C(F)(F)C(F)(F)C(F)(F)C1(F)OC(F)(F)C(F)(F)C(F)(F)C1(F)F. The third-order valence-electron chi connectivity index (χ3n) is 3.38. The zero-order valence-corrected chi connectivity index (χ0v) is 11.7. The van der Waals surface area contributed by atoms with Crippen LogP contribution in [0, 0.1) is 0 Å². The normalized spacial score (nSPS) is 30.2. The zero-order chi connectivity index (χ0) is 23.2. The van der Waals surface area contributed by atoms with Crippen LogP contribution in [0.2, 0.25) is 0 Å². The van der Waals surface area contributed by atoms with E-state index in [1.54, 1.807) is 0 Å². The van der Waals surface area contributed by atoms with Crippen molar-refractivity contribution in [2.45, 2.75) is 53.7 Å². The first-order chi connectivity index (χ1) is 11.7. The first kappa shape index (κ1) is 24.7. The average Bonchev–Trinajstić information content (AvgIpc) is 2.42. The molecule has 0 aliphatic carbocycles. The summed E-state index contributed by atoms with van der Waals surface area (Å²) in [6.07, 6.45) is -15.3. The van der Waals surface area contributed by atoms with Crippen LogP contribution in [0.15, 0.2) is 0 Å². The average molecular weight is 466 g/mol. The Hall–Kier alpha value is -1.30. The molecule has 1 fully saturated rings. The molecule has 19 heteroatoms. The second-order valence-electron chi connectivity index (χ2n) is 5.16. The van der Waals surface area contributed by atoms with Gasteiger partial charge in [0.1, 0.15) is 0 Å². The van der Waals surface area contributed by atoms with Crippen LogP contribution in [0.1, 0.15) is 0 Å². The third kappa shape index (κ3) is 2.36. The standard InChI is InChI=1S/C9F18O/c10-1(11,5(18,19)8(23,24)25)3(14,15)7(22)4(16,17)2(12,13)6(20,21)9(26,27)28-7. The van der Waals surface area contributed by atoms with Crippen LogP contribution in [0.4, 0.5) is 79.0 Å². The highest BCUT2D eigenvalue weighted by Gasteiger charge is 3.01. The summed E-state index contributed by atoms with van der Waals surface area (Å²) in [5.41, 5.74) is 0. The van der Waals surface area contributed by atoms with Gasteiger partial charge in [0.2, 0.25) is 0 Å². The maximum atomic E-state index is 13.7. The lowest BCUT2D eigenvalue weighted by Crippen LogP contribution is -2.83. The second-order valence-corrected chi connectivity index (χ2v) is 5.16. The van der Waals surface area contributed by atoms with Crippen molar-refractivity contribution in [3.8, 4) is 0 Å². The number of ether oxygens (including phenoxy) is 1. The molecule has 1 aliphatic rings. The molecule has 1 nitrogen and oxygen atoms in total. The van der Waals surface area contributed by atoms with Crippen molar-refractivity contribution in [1.29, 1.82) is 0 Å². The van der Waals surface area contributed by atoms with Gasteiger partial charge < -0.3 is 0 Å². The minimum atomic E-state index is -8.58. The van der Waals surface area contributed by atoms with Crippen molar-refractivity contribution in [2.75, 3.05) is 0 Å². The predicted octanol–water partition coefficient (Wildman–Crippen LogP) is 5.65. The largest absolute Gasteiger partial charge is 0.460 e. The molecule has 168 valence electrons. The summed E-state index contributed by atoms with van der Waals surface area (Å²) in [7, 11) is 0. The van der Waals surface area contributed by atoms with Crippen LogP contribution < -0.4 is 0 Å². The molecule has 0 spiro atoms. The number of halogens is 18. The lowest BCUT2D eigenvalue weighted by Gasteiger charge is -2.51. The Labute approximate surface area is 139 Å². The lowest BCUT2D eigenvalue weighted by molar-refractivity contribution is -0.573. The van der Waals surface area contributed by atoms with Crippen LogP contribution in [-0.4, -0.2) is 53.7 Å². The summed E-state index contributed by atoms with van der Waals surface area (Å²) in [5.74, 6) is -57.3. The van der Waals surface area contributed by atoms with Gasteiger partial charge in [0, 0.05) is 0 Å². The molecule has 1 heterocycles. The maximum absolute atomic E-state index is 13.7. The summed E-state index contributed by atoms with van der Waals surface area (Å²) in [6, 6.07) is 0. The molecule has 1 unspecified atom stereocenters. The Bertz CT molecular complexity index is 629. The Morgan fingerprint density at radius 2 is 0.821 bits per heavy atom. The minimum Gasteiger partial charge on any atom is -0.267 e. The van der Waals surface area contributed by atoms with Crippen LogP contribution in [0.3, 0.4) is 0 Å². The number of alkyl halides is 18. The molecule has 0 aromatic rings. The number of hydrogen-bond acceptors (Lipinski definition) is 1. The quantitative estimate of drug-likeness (QED) is 0.489. The van der Waals surface area contributed by atoms with E-state index < -0.39 is 53.7 Å². The molecule has 1 saturated heterocycles. The van der Waals surface area contributed by atoms with Crippen LogP contribution >= 0.6 is 0 Å². The summed E-state index contributed by atoms with van der Waals surface area (Å²) < 4.78 is 231. The van der Waals surface area contributed by atoms with Gasteiger partial charge in [-0.3, -0.25) is 4.74 Å². The molecule has 0 aromatic carbocycles. The predicted molar refractivity (Wildman–Crippen MR) is 45.6 cm³/mol. The minimum absolute atomic E-state index is 1.38. The lowest BCUT2D eigenvalue weighted by atomic mass is 9.85. The van der Waals surface area contributed by atoms with E-state index in [1.807, 2.05) is 0 Å². The van der Waals surface area contributed by atoms with Crippen LogP contribution in [-0.2, 0) is 4.74 Å². The highest BCUT2D eigenvalue weighted by atomic mass is 19.4. The van der Waals surface area contributed by atoms with E-state index in [2.05, 4.69) is 0 Å². The highest BCUT2D eigenvalue weighted by Crippen LogP contribution is 2.69. The Balaban J connectivity index is 3.85. The van der Waals surface area contributed by atoms with Gasteiger partial charge in [-0.15, -0.1) is 0 Å². The zero-order valence-electron chi connectivity index (χ0n) is 11.7. The molecule has 0 N–H and O–H groups in total. The van der Waals surface area contributed by atoms with E-state index in [0.717, 1.165) is 0 Å². The third-order valence-corrected chi connectivity index (χ3v) is 3.38. The van der Waals surface area contributed by atoms with Gasteiger partial charge in [-0.05, 0) is 0 Å². The molecule has 1 aliphatic heterocycles. The maximum Gasteiger partial charge on any atom is 0.460 e. The topological polar surface area (TPSA) is 9.23 Å². The summed E-state index contributed by atoms with van der Waals surface area (Å²) in [5, 5.41) is 0. The highest BCUT2D eigenvalue weighted by molar-refractivity contribution is 5.19. The van der Waals surface area contributed by atoms with Crippen molar-refractivity contribution >= 4 is 0 Å².